The summed E-state index contributed by atoms with van der Waals surface area (Å²) in [6.45, 7) is 3.68. The molecule has 2 rings (SSSR count). The molecule has 1 aromatic carbocycles. The van der Waals surface area contributed by atoms with Crippen LogP contribution >= 0.6 is 12.4 Å². The Labute approximate surface area is 157 Å². The second-order valence-corrected chi connectivity index (χ2v) is 6.09. The molecule has 6 heteroatoms. The summed E-state index contributed by atoms with van der Waals surface area (Å²) in [5.74, 6) is 2.13. The predicted octanol–water partition coefficient (Wildman–Crippen LogP) is 3.83. The number of methoxy groups -OCH3 is 2. The molecule has 25 heavy (non-hydrogen) atoms. The quantitative estimate of drug-likeness (QED) is 0.564. The van der Waals surface area contributed by atoms with E-state index in [1.165, 1.54) is 32.1 Å². The minimum Gasteiger partial charge on any atom is -0.493 e. The summed E-state index contributed by atoms with van der Waals surface area (Å²) in [7, 11) is 3.29. The molecule has 1 aromatic rings. The smallest absolute Gasteiger partial charge is 0.203 e. The zero-order valence-corrected chi connectivity index (χ0v) is 16.2. The molecule has 1 N–H and O–H groups in total. The average Bonchev–Trinajstić information content (AvgIpc) is 3.13. The Morgan fingerprint density at radius 2 is 1.80 bits per heavy atom. The molecule has 1 saturated heterocycles. The van der Waals surface area contributed by atoms with Gasteiger partial charge in [-0.25, -0.2) is 0 Å². The number of unbranched alkanes of at least 4 members (excludes halogenated alkanes) is 3. The van der Waals surface area contributed by atoms with Crippen molar-refractivity contribution in [2.75, 3.05) is 40.5 Å². The van der Waals surface area contributed by atoms with Crippen LogP contribution in [0.5, 0.6) is 17.2 Å². The summed E-state index contributed by atoms with van der Waals surface area (Å²) in [4.78, 5) is 0. The number of para-hydroxylation sites is 1. The third-order valence-electron chi connectivity index (χ3n) is 4.27. The highest BCUT2D eigenvalue weighted by Gasteiger charge is 2.14. The van der Waals surface area contributed by atoms with E-state index in [1.807, 2.05) is 18.2 Å². The van der Waals surface area contributed by atoms with Crippen LogP contribution in [0.1, 0.15) is 38.5 Å². The van der Waals surface area contributed by atoms with Crippen LogP contribution < -0.4 is 19.5 Å². The number of rotatable bonds is 12. The molecule has 0 amide bonds. The third-order valence-corrected chi connectivity index (χ3v) is 4.27. The highest BCUT2D eigenvalue weighted by atomic mass is 35.5. The number of halogens is 1. The van der Waals surface area contributed by atoms with Gasteiger partial charge in [-0.1, -0.05) is 18.9 Å². The van der Waals surface area contributed by atoms with Gasteiger partial charge in [-0.15, -0.1) is 12.4 Å². The number of hydrogen-bond acceptors (Lipinski definition) is 5. The second-order valence-electron chi connectivity index (χ2n) is 6.09. The first-order valence-corrected chi connectivity index (χ1v) is 9.01. The SMILES string of the molecule is COc1cccc(OC)c1OCCCCCCNCC1CCCO1.Cl. The molecule has 1 unspecified atom stereocenters. The molecule has 0 saturated carbocycles. The molecule has 1 atom stereocenters. The molecule has 0 bridgehead atoms. The number of ether oxygens (including phenoxy) is 4. The Hall–Kier alpha value is -1.17. The lowest BCUT2D eigenvalue weighted by Crippen LogP contribution is -2.26. The van der Waals surface area contributed by atoms with Gasteiger partial charge in [0.2, 0.25) is 5.75 Å². The Balaban J connectivity index is 0.00000312. The van der Waals surface area contributed by atoms with Crippen LogP contribution in [0, 0.1) is 0 Å². The topological polar surface area (TPSA) is 49.0 Å². The maximum atomic E-state index is 5.86. The minimum atomic E-state index is 0. The van der Waals surface area contributed by atoms with Crippen LogP contribution in [-0.4, -0.2) is 46.6 Å². The van der Waals surface area contributed by atoms with Crippen molar-refractivity contribution in [1.29, 1.82) is 0 Å². The Morgan fingerprint density at radius 3 is 2.44 bits per heavy atom. The first-order valence-electron chi connectivity index (χ1n) is 9.01. The van der Waals surface area contributed by atoms with Crippen LogP contribution in [0.3, 0.4) is 0 Å². The maximum absolute atomic E-state index is 5.86. The Kier molecular flexibility index (Phi) is 11.5. The lowest BCUT2D eigenvalue weighted by atomic mass is 10.2. The Morgan fingerprint density at radius 1 is 1.08 bits per heavy atom. The molecule has 0 radical (unpaired) electrons. The highest BCUT2D eigenvalue weighted by Crippen LogP contribution is 2.36. The zero-order valence-electron chi connectivity index (χ0n) is 15.4. The lowest BCUT2D eigenvalue weighted by molar-refractivity contribution is 0.110. The number of hydrogen-bond donors (Lipinski definition) is 1. The summed E-state index contributed by atoms with van der Waals surface area (Å²) in [5, 5.41) is 3.48. The first kappa shape index (κ1) is 21.9. The summed E-state index contributed by atoms with van der Waals surface area (Å²) in [6, 6.07) is 5.67. The molecule has 1 aliphatic rings. The molecular weight excluding hydrogens is 342 g/mol. The molecular formula is C19H32ClNO4. The summed E-state index contributed by atoms with van der Waals surface area (Å²) in [6.07, 6.45) is 7.47. The van der Waals surface area contributed by atoms with Gasteiger partial charge in [0.05, 0.1) is 26.9 Å². The average molecular weight is 374 g/mol. The van der Waals surface area contributed by atoms with Gasteiger partial charge in [0.1, 0.15) is 0 Å². The van der Waals surface area contributed by atoms with E-state index in [-0.39, 0.29) is 12.4 Å². The maximum Gasteiger partial charge on any atom is 0.203 e. The normalized spacial score (nSPS) is 16.3. The monoisotopic (exact) mass is 373 g/mol. The molecule has 0 spiro atoms. The van der Waals surface area contributed by atoms with Crippen LogP contribution in [0.2, 0.25) is 0 Å². The highest BCUT2D eigenvalue weighted by molar-refractivity contribution is 5.85. The molecule has 0 aliphatic carbocycles. The van der Waals surface area contributed by atoms with E-state index in [1.54, 1.807) is 14.2 Å². The van der Waals surface area contributed by atoms with Gasteiger partial charge in [0.15, 0.2) is 11.5 Å². The summed E-state index contributed by atoms with van der Waals surface area (Å²) in [5.41, 5.74) is 0. The largest absolute Gasteiger partial charge is 0.493 e. The van der Waals surface area contributed by atoms with Crippen molar-refractivity contribution in [3.05, 3.63) is 18.2 Å². The van der Waals surface area contributed by atoms with Crippen molar-refractivity contribution >= 4 is 12.4 Å². The van der Waals surface area contributed by atoms with Crippen LogP contribution in [0.25, 0.3) is 0 Å². The molecule has 1 fully saturated rings. The van der Waals surface area contributed by atoms with Crippen molar-refractivity contribution in [2.45, 2.75) is 44.6 Å². The van der Waals surface area contributed by atoms with Crippen molar-refractivity contribution < 1.29 is 18.9 Å². The first-order chi connectivity index (χ1) is 11.8. The van der Waals surface area contributed by atoms with E-state index in [0.717, 1.165) is 26.1 Å². The van der Waals surface area contributed by atoms with E-state index in [9.17, 15) is 0 Å². The summed E-state index contributed by atoms with van der Waals surface area (Å²) >= 11 is 0. The van der Waals surface area contributed by atoms with Crippen LogP contribution in [-0.2, 0) is 4.74 Å². The van der Waals surface area contributed by atoms with Crippen molar-refractivity contribution in [2.24, 2.45) is 0 Å². The summed E-state index contributed by atoms with van der Waals surface area (Å²) < 4.78 is 22.1. The van der Waals surface area contributed by atoms with Crippen LogP contribution in [0.15, 0.2) is 18.2 Å². The molecule has 1 heterocycles. The lowest BCUT2D eigenvalue weighted by Gasteiger charge is -2.14. The van der Waals surface area contributed by atoms with E-state index in [4.69, 9.17) is 18.9 Å². The zero-order chi connectivity index (χ0) is 17.0. The number of benzene rings is 1. The van der Waals surface area contributed by atoms with Crippen molar-refractivity contribution in [3.63, 3.8) is 0 Å². The molecule has 1 aliphatic heterocycles. The van der Waals surface area contributed by atoms with Crippen molar-refractivity contribution in [3.8, 4) is 17.2 Å². The molecule has 0 aromatic heterocycles. The van der Waals surface area contributed by atoms with E-state index < -0.39 is 0 Å². The molecule has 144 valence electrons. The minimum absolute atomic E-state index is 0. The fourth-order valence-electron chi connectivity index (χ4n) is 2.91. The van der Waals surface area contributed by atoms with E-state index >= 15 is 0 Å². The van der Waals surface area contributed by atoms with Gasteiger partial charge in [-0.2, -0.15) is 0 Å². The van der Waals surface area contributed by atoms with Gasteiger partial charge < -0.3 is 24.3 Å². The Bertz CT molecular complexity index is 444. The van der Waals surface area contributed by atoms with Crippen LogP contribution in [0.4, 0.5) is 0 Å². The molecule has 5 nitrogen and oxygen atoms in total. The third kappa shape index (κ3) is 7.72. The fraction of sp³-hybridized carbons (Fsp3) is 0.684. The second kappa shape index (κ2) is 13.1. The van der Waals surface area contributed by atoms with E-state index in [0.29, 0.717) is 30.0 Å². The van der Waals surface area contributed by atoms with E-state index in [2.05, 4.69) is 5.32 Å². The predicted molar refractivity (Wildman–Crippen MR) is 103 cm³/mol. The van der Waals surface area contributed by atoms with Gasteiger partial charge >= 0.3 is 0 Å². The van der Waals surface area contributed by atoms with Gasteiger partial charge in [-0.3, -0.25) is 0 Å². The number of nitrogens with one attached hydrogen (secondary N) is 1. The van der Waals surface area contributed by atoms with Gasteiger partial charge in [0, 0.05) is 13.2 Å². The fourth-order valence-corrected chi connectivity index (χ4v) is 2.91. The van der Waals surface area contributed by atoms with Crippen molar-refractivity contribution in [1.82, 2.24) is 5.32 Å². The van der Waals surface area contributed by atoms with Gasteiger partial charge in [-0.05, 0) is 44.4 Å². The standard InChI is InChI=1S/C19H31NO4.ClH/c1-21-17-10-7-11-18(22-2)19(17)24-13-6-4-3-5-12-20-15-16-9-8-14-23-16;/h7,10-11,16,20H,3-6,8-9,12-15H2,1-2H3;1H. The van der Waals surface area contributed by atoms with Gasteiger partial charge in [0.25, 0.3) is 0 Å².